The summed E-state index contributed by atoms with van der Waals surface area (Å²) in [5, 5.41) is 14.5. The van der Waals surface area contributed by atoms with Crippen molar-refractivity contribution < 1.29 is 19.4 Å². The maximum atomic E-state index is 13.4. The van der Waals surface area contributed by atoms with Crippen LogP contribution in [-0.4, -0.2) is 30.8 Å². The third-order valence-corrected chi connectivity index (χ3v) is 17.5. The van der Waals surface area contributed by atoms with Gasteiger partial charge in [-0.05, 0) is 18.1 Å². The summed E-state index contributed by atoms with van der Waals surface area (Å²) in [6, 6.07) is 42.1. The van der Waals surface area contributed by atoms with Gasteiger partial charge in [-0.1, -0.05) is 12.1 Å². The predicted molar refractivity (Wildman–Crippen MR) is 210 cm³/mol. The van der Waals surface area contributed by atoms with Crippen LogP contribution in [0.25, 0.3) is 5.57 Å². The van der Waals surface area contributed by atoms with Crippen molar-refractivity contribution in [3.8, 4) is 0 Å². The number of benzene rings is 4. The van der Waals surface area contributed by atoms with Gasteiger partial charge in [0, 0.05) is 0 Å². The first kappa shape index (κ1) is 35.4. The molecule has 2 aliphatic rings. The molecular formula is C45H51O4P. The van der Waals surface area contributed by atoms with Crippen LogP contribution in [0.2, 0.25) is 0 Å². The van der Waals surface area contributed by atoms with Gasteiger partial charge in [-0.3, -0.25) is 4.79 Å². The van der Waals surface area contributed by atoms with E-state index in [1.807, 2.05) is 12.1 Å². The molecule has 4 nitrogen and oxygen atoms in total. The second kappa shape index (κ2) is 16.1. The number of fused-ring (bicyclic) bond motifs is 1. The van der Waals surface area contributed by atoms with E-state index in [1.54, 1.807) is 6.08 Å². The van der Waals surface area contributed by atoms with Crippen LogP contribution in [0.5, 0.6) is 0 Å². The van der Waals surface area contributed by atoms with E-state index in [4.69, 9.17) is 9.47 Å². The molecule has 1 unspecified atom stereocenters. The van der Waals surface area contributed by atoms with Crippen LogP contribution in [0.15, 0.2) is 145 Å². The summed E-state index contributed by atoms with van der Waals surface area (Å²) < 4.78 is 11.1. The zero-order chi connectivity index (χ0) is 34.8. The van der Waals surface area contributed by atoms with Gasteiger partial charge in [0.1, 0.15) is 6.26 Å². The Hall–Kier alpha value is -4.40. The molecule has 0 bridgehead atoms. The normalized spacial score (nSPS) is 16.8. The number of methoxy groups -OCH3 is 1. The van der Waals surface area contributed by atoms with E-state index >= 15 is 0 Å². The van der Waals surface area contributed by atoms with E-state index in [2.05, 4.69) is 110 Å². The van der Waals surface area contributed by atoms with Crippen LogP contribution >= 0.6 is 6.60 Å². The molecule has 0 fully saturated rings. The third kappa shape index (κ3) is 7.23. The smallest absolute Gasteiger partial charge is 0.504 e. The van der Waals surface area contributed by atoms with Gasteiger partial charge in [-0.25, -0.2) is 0 Å². The molecule has 4 aromatic carbocycles. The minimum absolute atomic E-state index is 0.00361. The van der Waals surface area contributed by atoms with Crippen molar-refractivity contribution in [2.45, 2.75) is 64.2 Å². The fourth-order valence-electron chi connectivity index (χ4n) is 7.98. The summed E-state index contributed by atoms with van der Waals surface area (Å²) in [6.07, 6.45) is 15.6. The average molecular weight is 687 g/mol. The topological polar surface area (TPSA) is 55.8 Å². The van der Waals surface area contributed by atoms with Crippen LogP contribution in [-0.2, 0) is 20.7 Å². The number of hydrogen-bond donors (Lipinski definition) is 1. The second-order valence-corrected chi connectivity index (χ2v) is 19.7. The summed E-state index contributed by atoms with van der Waals surface area (Å²) in [4.78, 5) is 13.4. The van der Waals surface area contributed by atoms with Gasteiger partial charge in [0.25, 0.3) is 0 Å². The molecule has 4 aromatic rings. The Bertz CT molecular complexity index is 1740. The quantitative estimate of drug-likeness (QED) is 0.0942. The SMILES string of the molecule is COC1=C2OC=C(c3cccc(CCCCCCCCCCP(C)(c4ccccc4)(c4ccccc4)c4ccccc4)c3)C(=O)C2CC=C1O. The molecule has 0 saturated heterocycles. The van der Waals surface area contributed by atoms with Crippen molar-refractivity contribution >= 4 is 33.9 Å². The Morgan fingerprint density at radius 1 is 0.720 bits per heavy atom. The van der Waals surface area contributed by atoms with Crippen molar-refractivity contribution in [2.24, 2.45) is 5.92 Å². The first-order valence-corrected chi connectivity index (χ1v) is 21.2. The average Bonchev–Trinajstić information content (AvgIpc) is 3.17. The van der Waals surface area contributed by atoms with Crippen molar-refractivity contribution in [1.29, 1.82) is 0 Å². The van der Waals surface area contributed by atoms with Crippen molar-refractivity contribution in [3.05, 3.63) is 156 Å². The zero-order valence-electron chi connectivity index (χ0n) is 29.6. The molecule has 1 aliphatic heterocycles. The van der Waals surface area contributed by atoms with Gasteiger partial charge in [0.15, 0.2) is 23.1 Å². The molecule has 1 atom stereocenters. The number of aliphatic hydroxyl groups is 1. The fourth-order valence-corrected chi connectivity index (χ4v) is 13.6. The Morgan fingerprint density at radius 2 is 1.26 bits per heavy atom. The predicted octanol–water partition coefficient (Wildman–Crippen LogP) is 9.77. The molecule has 5 heteroatoms. The molecule has 6 rings (SSSR count). The summed E-state index contributed by atoms with van der Waals surface area (Å²) >= 11 is 0. The van der Waals surface area contributed by atoms with Crippen LogP contribution in [0.3, 0.4) is 0 Å². The van der Waals surface area contributed by atoms with Crippen LogP contribution < -0.4 is 15.9 Å². The Labute approximate surface area is 298 Å². The number of ketones is 1. The first-order chi connectivity index (χ1) is 24.4. The molecule has 0 spiro atoms. The fraction of sp³-hybridized carbons (Fsp3) is 0.311. The van der Waals surface area contributed by atoms with E-state index < -0.39 is 12.5 Å². The van der Waals surface area contributed by atoms with Crippen LogP contribution in [0.4, 0.5) is 0 Å². The number of rotatable bonds is 16. The van der Waals surface area contributed by atoms with Crippen molar-refractivity contribution in [3.63, 3.8) is 0 Å². The van der Waals surface area contributed by atoms with Crippen molar-refractivity contribution in [1.82, 2.24) is 0 Å². The standard InChI is InChI=1S/C45H51O4P/c1-48-45-42(46)31-30-40-43(47)41(34-49-44(40)45)36-23-20-22-35(33-36)21-12-7-5-3-4-6-8-19-32-50(2,37-24-13-9-14-25-37,38-26-15-10-16-27-38)39-28-17-11-18-29-39/h9-11,13-18,20,22-29,31,33-34,40,46H,3-8,12,19,21,30,32H2,1-2H3. The number of hydrogen-bond acceptors (Lipinski definition) is 4. The first-order valence-electron chi connectivity index (χ1n) is 18.3. The summed E-state index contributed by atoms with van der Waals surface area (Å²) in [5.41, 5.74) is 2.71. The van der Waals surface area contributed by atoms with E-state index in [0.29, 0.717) is 17.8 Å². The summed E-state index contributed by atoms with van der Waals surface area (Å²) in [5.74, 6) is 0.199. The maximum absolute atomic E-state index is 13.4. The third-order valence-electron chi connectivity index (χ3n) is 10.9. The van der Waals surface area contributed by atoms with Crippen LogP contribution in [0, 0.1) is 5.92 Å². The van der Waals surface area contributed by atoms with E-state index in [-0.39, 0.29) is 17.3 Å². The summed E-state index contributed by atoms with van der Waals surface area (Å²) in [7, 11) is 1.48. The number of allylic oxidation sites excluding steroid dienone is 3. The number of carbonyl (C=O) groups is 1. The number of Topliss-reactive ketones (excluding diaryl/α,β-unsaturated/α-hetero) is 1. The van der Waals surface area contributed by atoms with Gasteiger partial charge in [-0.2, -0.15) is 0 Å². The number of ether oxygens (including phenoxy) is 2. The van der Waals surface area contributed by atoms with Crippen molar-refractivity contribution in [2.75, 3.05) is 19.9 Å². The molecule has 0 amide bonds. The molecule has 1 N–H and O–H groups in total. The van der Waals surface area contributed by atoms with Gasteiger partial charge in [0.2, 0.25) is 0 Å². The van der Waals surface area contributed by atoms with E-state index in [1.165, 1.54) is 86.0 Å². The van der Waals surface area contributed by atoms with E-state index in [0.717, 1.165) is 18.4 Å². The van der Waals surface area contributed by atoms with Gasteiger partial charge in [0.05, 0.1) is 18.6 Å². The number of unbranched alkanes of at least 4 members (excludes halogenated alkanes) is 7. The molecule has 260 valence electrons. The molecular weight excluding hydrogens is 635 g/mol. The number of aliphatic hydroxyl groups excluding tert-OH is 1. The monoisotopic (exact) mass is 686 g/mol. The number of aryl methyl sites for hydroxylation is 1. The molecule has 50 heavy (non-hydrogen) atoms. The zero-order valence-corrected chi connectivity index (χ0v) is 30.5. The second-order valence-electron chi connectivity index (χ2n) is 14.1. The van der Waals surface area contributed by atoms with Gasteiger partial charge >= 0.3 is 202 Å². The molecule has 0 saturated carbocycles. The summed E-state index contributed by atoms with van der Waals surface area (Å²) in [6.45, 7) is -0.0523. The molecule has 0 radical (unpaired) electrons. The molecule has 1 aliphatic carbocycles. The Balaban J connectivity index is 0.978. The Kier molecular flexibility index (Phi) is 11.4. The Morgan fingerprint density at radius 3 is 1.82 bits per heavy atom. The molecule has 1 heterocycles. The van der Waals surface area contributed by atoms with Crippen LogP contribution in [0.1, 0.15) is 68.9 Å². The molecule has 0 aromatic heterocycles. The van der Waals surface area contributed by atoms with Gasteiger partial charge < -0.3 is 14.6 Å². The van der Waals surface area contributed by atoms with Gasteiger partial charge in [-0.15, -0.1) is 0 Å². The van der Waals surface area contributed by atoms with E-state index in [9.17, 15) is 9.90 Å². The minimum Gasteiger partial charge on any atom is -0.504 e. The number of carbonyl (C=O) groups excluding carboxylic acids is 1. The minimum atomic E-state index is -2.64.